The summed E-state index contributed by atoms with van der Waals surface area (Å²) >= 11 is 4.20. The highest BCUT2D eigenvalue weighted by Gasteiger charge is 1.94. The first-order valence-corrected chi connectivity index (χ1v) is 6.23. The molecule has 0 aliphatic carbocycles. The monoisotopic (exact) mass is 246 g/mol. The van der Waals surface area contributed by atoms with Gasteiger partial charge in [-0.3, -0.25) is 0 Å². The van der Waals surface area contributed by atoms with Gasteiger partial charge in [-0.15, -0.1) is 12.6 Å². The van der Waals surface area contributed by atoms with Crippen LogP contribution in [0.2, 0.25) is 0 Å². The summed E-state index contributed by atoms with van der Waals surface area (Å²) in [5, 5.41) is 0. The van der Waals surface area contributed by atoms with E-state index in [2.05, 4.69) is 26.5 Å². The lowest BCUT2D eigenvalue weighted by Crippen LogP contribution is -1.82. The van der Waals surface area contributed by atoms with Gasteiger partial charge in [-0.05, 0) is 36.4 Å². The van der Waals surface area contributed by atoms with Crippen LogP contribution in [0.25, 0.3) is 0 Å². The lowest BCUT2D eigenvalue weighted by Gasteiger charge is -2.04. The number of ether oxygens (including phenoxy) is 1. The normalized spacial score (nSPS) is 9.12. The molecule has 0 N–H and O–H groups in total. The minimum Gasteiger partial charge on any atom is -0.457 e. The van der Waals surface area contributed by atoms with E-state index in [1.165, 1.54) is 6.42 Å². The first kappa shape index (κ1) is 13.7. The SMILES string of the molecule is CCC.Sc1ccc(Oc2ccccc2)cc1. The zero-order valence-electron chi connectivity index (χ0n) is 10.3. The fraction of sp³-hybridized carbons (Fsp3) is 0.200. The maximum absolute atomic E-state index is 5.60. The van der Waals surface area contributed by atoms with Crippen LogP contribution in [0.15, 0.2) is 59.5 Å². The van der Waals surface area contributed by atoms with Gasteiger partial charge in [0, 0.05) is 4.90 Å². The smallest absolute Gasteiger partial charge is 0.127 e. The van der Waals surface area contributed by atoms with Gasteiger partial charge in [0.05, 0.1) is 0 Å². The summed E-state index contributed by atoms with van der Waals surface area (Å²) in [6.45, 7) is 4.25. The van der Waals surface area contributed by atoms with Gasteiger partial charge >= 0.3 is 0 Å². The maximum Gasteiger partial charge on any atom is 0.127 e. The summed E-state index contributed by atoms with van der Waals surface area (Å²) < 4.78 is 5.60. The molecule has 0 unspecified atom stereocenters. The second-order valence-corrected chi connectivity index (χ2v) is 4.13. The van der Waals surface area contributed by atoms with Crippen LogP contribution in [0.1, 0.15) is 20.3 Å². The number of hydrogen-bond acceptors (Lipinski definition) is 2. The first-order valence-electron chi connectivity index (χ1n) is 5.78. The molecule has 0 aromatic heterocycles. The van der Waals surface area contributed by atoms with E-state index in [0.29, 0.717) is 0 Å². The van der Waals surface area contributed by atoms with E-state index >= 15 is 0 Å². The molecule has 2 aromatic carbocycles. The Morgan fingerprint density at radius 2 is 1.29 bits per heavy atom. The number of rotatable bonds is 2. The Hall–Kier alpha value is -1.41. The Bertz CT molecular complexity index is 409. The van der Waals surface area contributed by atoms with E-state index < -0.39 is 0 Å². The van der Waals surface area contributed by atoms with Crippen molar-refractivity contribution in [2.45, 2.75) is 25.2 Å². The average Bonchev–Trinajstić information content (AvgIpc) is 2.35. The first-order chi connectivity index (χ1) is 8.26. The van der Waals surface area contributed by atoms with Crippen LogP contribution in [0.3, 0.4) is 0 Å². The van der Waals surface area contributed by atoms with Crippen LogP contribution in [0, 0.1) is 0 Å². The summed E-state index contributed by atoms with van der Waals surface area (Å²) in [4.78, 5) is 0.936. The molecule has 0 atom stereocenters. The fourth-order valence-corrected chi connectivity index (χ4v) is 1.29. The molecule has 90 valence electrons. The number of thiol groups is 1. The van der Waals surface area contributed by atoms with Crippen LogP contribution in [0.4, 0.5) is 0 Å². The van der Waals surface area contributed by atoms with Crippen molar-refractivity contribution in [2.75, 3.05) is 0 Å². The lowest BCUT2D eigenvalue weighted by molar-refractivity contribution is 0.482. The van der Waals surface area contributed by atoms with E-state index in [1.807, 2.05) is 54.6 Å². The number of para-hydroxylation sites is 1. The van der Waals surface area contributed by atoms with Gasteiger partial charge in [-0.25, -0.2) is 0 Å². The van der Waals surface area contributed by atoms with Gasteiger partial charge in [0.2, 0.25) is 0 Å². The van der Waals surface area contributed by atoms with Crippen molar-refractivity contribution in [3.8, 4) is 11.5 Å². The highest BCUT2D eigenvalue weighted by molar-refractivity contribution is 7.80. The minimum atomic E-state index is 0.828. The Labute approximate surface area is 109 Å². The van der Waals surface area contributed by atoms with Crippen LogP contribution in [-0.4, -0.2) is 0 Å². The van der Waals surface area contributed by atoms with Crippen LogP contribution in [-0.2, 0) is 0 Å². The van der Waals surface area contributed by atoms with Gasteiger partial charge in [0.1, 0.15) is 11.5 Å². The molecule has 0 radical (unpaired) electrons. The van der Waals surface area contributed by atoms with E-state index in [0.717, 1.165) is 16.4 Å². The molecule has 0 amide bonds. The Morgan fingerprint density at radius 3 is 1.82 bits per heavy atom. The number of benzene rings is 2. The van der Waals surface area contributed by atoms with Gasteiger partial charge < -0.3 is 4.74 Å². The van der Waals surface area contributed by atoms with E-state index in [4.69, 9.17) is 4.74 Å². The molecule has 0 saturated heterocycles. The summed E-state index contributed by atoms with van der Waals surface area (Å²) in [6, 6.07) is 17.3. The van der Waals surface area contributed by atoms with Gasteiger partial charge in [0.15, 0.2) is 0 Å². The van der Waals surface area contributed by atoms with Crippen LogP contribution in [0.5, 0.6) is 11.5 Å². The Kier molecular flexibility index (Phi) is 6.26. The third-order valence-electron chi connectivity index (χ3n) is 1.82. The van der Waals surface area contributed by atoms with Gasteiger partial charge in [0.25, 0.3) is 0 Å². The van der Waals surface area contributed by atoms with E-state index in [-0.39, 0.29) is 0 Å². The lowest BCUT2D eigenvalue weighted by atomic mass is 10.3. The highest BCUT2D eigenvalue weighted by Crippen LogP contribution is 2.21. The van der Waals surface area contributed by atoms with Crippen molar-refractivity contribution in [1.82, 2.24) is 0 Å². The van der Waals surface area contributed by atoms with Crippen LogP contribution < -0.4 is 4.74 Å². The molecule has 2 rings (SSSR count). The fourth-order valence-electron chi connectivity index (χ4n) is 1.14. The standard InChI is InChI=1S/C12H10OS.C3H8/c14-12-8-6-11(7-9-12)13-10-4-2-1-3-5-10;1-3-2/h1-9,14H;3H2,1-2H3. The molecule has 17 heavy (non-hydrogen) atoms. The molecule has 2 aromatic rings. The third kappa shape index (κ3) is 5.45. The number of hydrogen-bond donors (Lipinski definition) is 1. The largest absolute Gasteiger partial charge is 0.457 e. The zero-order chi connectivity index (χ0) is 12.5. The summed E-state index contributed by atoms with van der Waals surface area (Å²) in [6.07, 6.45) is 1.25. The van der Waals surface area contributed by atoms with Crippen LogP contribution >= 0.6 is 12.6 Å². The molecule has 0 fully saturated rings. The topological polar surface area (TPSA) is 9.23 Å². The van der Waals surface area contributed by atoms with Gasteiger partial charge in [-0.2, -0.15) is 0 Å². The predicted molar refractivity (Wildman–Crippen MR) is 76.2 cm³/mol. The van der Waals surface area contributed by atoms with Crippen molar-refractivity contribution in [3.63, 3.8) is 0 Å². The third-order valence-corrected chi connectivity index (χ3v) is 2.11. The summed E-state index contributed by atoms with van der Waals surface area (Å²) in [7, 11) is 0. The van der Waals surface area contributed by atoms with Crippen molar-refractivity contribution in [3.05, 3.63) is 54.6 Å². The van der Waals surface area contributed by atoms with E-state index in [9.17, 15) is 0 Å². The molecule has 0 heterocycles. The molecule has 0 bridgehead atoms. The molecule has 2 heteroatoms. The average molecular weight is 246 g/mol. The molecule has 0 aliphatic rings. The molecule has 0 spiro atoms. The summed E-state index contributed by atoms with van der Waals surface area (Å²) in [5.74, 6) is 1.67. The molecule has 0 saturated carbocycles. The second-order valence-electron chi connectivity index (χ2n) is 3.62. The van der Waals surface area contributed by atoms with Crippen molar-refractivity contribution < 1.29 is 4.74 Å². The quantitative estimate of drug-likeness (QED) is 0.718. The zero-order valence-corrected chi connectivity index (χ0v) is 11.2. The minimum absolute atomic E-state index is 0.828. The molecular formula is C15H18OS. The van der Waals surface area contributed by atoms with Crippen molar-refractivity contribution >= 4 is 12.6 Å². The highest BCUT2D eigenvalue weighted by atomic mass is 32.1. The molecule has 0 aliphatic heterocycles. The maximum atomic E-state index is 5.60. The molecule has 1 nitrogen and oxygen atoms in total. The molecular weight excluding hydrogens is 228 g/mol. The summed E-state index contributed by atoms with van der Waals surface area (Å²) in [5.41, 5.74) is 0. The van der Waals surface area contributed by atoms with Crippen molar-refractivity contribution in [1.29, 1.82) is 0 Å². The van der Waals surface area contributed by atoms with E-state index in [1.54, 1.807) is 0 Å². The Morgan fingerprint density at radius 1 is 0.824 bits per heavy atom. The Balaban J connectivity index is 0.000000437. The van der Waals surface area contributed by atoms with Crippen molar-refractivity contribution in [2.24, 2.45) is 0 Å². The predicted octanol–water partition coefficient (Wildman–Crippen LogP) is 5.18. The second kappa shape index (κ2) is 7.80. The van der Waals surface area contributed by atoms with Gasteiger partial charge in [-0.1, -0.05) is 38.5 Å².